The van der Waals surface area contributed by atoms with E-state index < -0.39 is 22.9 Å². The molecule has 8 heteroatoms. The van der Waals surface area contributed by atoms with E-state index in [1.165, 1.54) is 18.2 Å². The second-order valence-corrected chi connectivity index (χ2v) is 7.81. The molecule has 1 heterocycles. The summed E-state index contributed by atoms with van der Waals surface area (Å²) in [5, 5.41) is 3.30. The van der Waals surface area contributed by atoms with E-state index in [1.807, 2.05) is 0 Å². The Morgan fingerprint density at radius 3 is 2.54 bits per heavy atom. The minimum Gasteiger partial charge on any atom is -0.760 e. The zero-order valence-corrected chi connectivity index (χ0v) is 15.4. The number of ether oxygens (including phenoxy) is 1. The van der Waals surface area contributed by atoms with Gasteiger partial charge in [-0.3, -0.25) is 4.21 Å². The van der Waals surface area contributed by atoms with Gasteiger partial charge in [0.2, 0.25) is 0 Å². The molecule has 0 amide bonds. The van der Waals surface area contributed by atoms with Crippen molar-refractivity contribution in [2.45, 2.75) is 62.6 Å². The lowest BCUT2D eigenvalue weighted by Crippen LogP contribution is -2.54. The normalized spacial score (nSPS) is 30.9. The van der Waals surface area contributed by atoms with Gasteiger partial charge in [-0.1, -0.05) is 6.07 Å². The molecule has 2 N–H and O–H groups in total. The van der Waals surface area contributed by atoms with Crippen LogP contribution in [-0.4, -0.2) is 40.1 Å². The molecule has 1 unspecified atom stereocenters. The van der Waals surface area contributed by atoms with Crippen molar-refractivity contribution in [1.82, 2.24) is 10.0 Å². The van der Waals surface area contributed by atoms with Crippen LogP contribution in [0.5, 0.6) is 0 Å². The van der Waals surface area contributed by atoms with Crippen LogP contribution in [0.4, 0.5) is 8.78 Å². The van der Waals surface area contributed by atoms with E-state index in [2.05, 4.69) is 10.0 Å². The first-order valence-corrected chi connectivity index (χ1v) is 10.3. The first kappa shape index (κ1) is 19.8. The van der Waals surface area contributed by atoms with Crippen molar-refractivity contribution < 1.29 is 22.3 Å². The molecular formula is C18H25F2N2O3S-. The topological polar surface area (TPSA) is 73.4 Å². The largest absolute Gasteiger partial charge is 0.760 e. The Bertz CT molecular complexity index is 606. The van der Waals surface area contributed by atoms with Gasteiger partial charge in [-0.05, 0) is 63.1 Å². The van der Waals surface area contributed by atoms with E-state index in [0.29, 0.717) is 19.4 Å². The third-order valence-electron chi connectivity index (χ3n) is 5.43. The summed E-state index contributed by atoms with van der Waals surface area (Å²) in [5.74, 6) is -1.05. The summed E-state index contributed by atoms with van der Waals surface area (Å²) >= 11 is -2.29. The Kier molecular flexibility index (Phi) is 7.11. The molecule has 0 aromatic heterocycles. The van der Waals surface area contributed by atoms with Gasteiger partial charge < -0.3 is 14.6 Å². The van der Waals surface area contributed by atoms with Gasteiger partial charge in [0.05, 0.1) is 12.7 Å². The molecule has 1 aliphatic carbocycles. The van der Waals surface area contributed by atoms with Crippen molar-refractivity contribution in [2.75, 3.05) is 13.2 Å². The molecule has 1 aliphatic heterocycles. The Morgan fingerprint density at radius 1 is 1.19 bits per heavy atom. The molecule has 3 rings (SSSR count). The number of nitrogens with one attached hydrogen (secondary N) is 2. The van der Waals surface area contributed by atoms with Gasteiger partial charge in [-0.25, -0.2) is 13.5 Å². The highest BCUT2D eigenvalue weighted by Crippen LogP contribution is 2.36. The highest BCUT2D eigenvalue weighted by Gasteiger charge is 2.29. The zero-order chi connectivity index (χ0) is 18.5. The molecule has 1 aromatic carbocycles. The van der Waals surface area contributed by atoms with Crippen LogP contribution in [0.2, 0.25) is 0 Å². The van der Waals surface area contributed by atoms with Crippen LogP contribution in [0.15, 0.2) is 18.2 Å². The number of piperidine rings is 1. The molecule has 26 heavy (non-hydrogen) atoms. The molecule has 5 nitrogen and oxygen atoms in total. The van der Waals surface area contributed by atoms with Crippen LogP contribution in [0.25, 0.3) is 0 Å². The summed E-state index contributed by atoms with van der Waals surface area (Å²) in [6.45, 7) is 1.27. The maximum atomic E-state index is 13.9. The van der Waals surface area contributed by atoms with E-state index in [-0.39, 0.29) is 29.7 Å². The number of hydrogen-bond acceptors (Lipinski definition) is 4. The summed E-state index contributed by atoms with van der Waals surface area (Å²) in [4.78, 5) is 0. The van der Waals surface area contributed by atoms with Gasteiger partial charge >= 0.3 is 0 Å². The molecule has 0 spiro atoms. The molecule has 1 saturated heterocycles. The van der Waals surface area contributed by atoms with Crippen molar-refractivity contribution in [1.29, 1.82) is 0 Å². The predicted molar refractivity (Wildman–Crippen MR) is 94.2 cm³/mol. The second-order valence-electron chi connectivity index (χ2n) is 7.10. The average Bonchev–Trinajstić information content (AvgIpc) is 2.61. The third kappa shape index (κ3) is 5.07. The van der Waals surface area contributed by atoms with Crippen LogP contribution in [0, 0.1) is 11.6 Å². The van der Waals surface area contributed by atoms with Crippen LogP contribution in [0.3, 0.4) is 0 Å². The summed E-state index contributed by atoms with van der Waals surface area (Å²) in [7, 11) is 0. The number of halogens is 2. The minimum absolute atomic E-state index is 0.0446. The van der Waals surface area contributed by atoms with Gasteiger partial charge in [-0.15, -0.1) is 0 Å². The molecule has 1 aromatic rings. The monoisotopic (exact) mass is 387 g/mol. The maximum absolute atomic E-state index is 13.9. The van der Waals surface area contributed by atoms with Gasteiger partial charge in [0.1, 0.15) is 11.6 Å². The van der Waals surface area contributed by atoms with E-state index in [0.717, 1.165) is 32.2 Å². The number of hydrogen-bond donors (Lipinski definition) is 2. The Labute approximate surface area is 155 Å². The molecule has 1 saturated carbocycles. The average molecular weight is 387 g/mol. The Morgan fingerprint density at radius 2 is 1.88 bits per heavy atom. The van der Waals surface area contributed by atoms with Crippen molar-refractivity contribution in [3.05, 3.63) is 35.4 Å². The van der Waals surface area contributed by atoms with E-state index in [9.17, 15) is 17.5 Å². The van der Waals surface area contributed by atoms with Crippen LogP contribution < -0.4 is 10.0 Å². The van der Waals surface area contributed by atoms with E-state index in [4.69, 9.17) is 4.74 Å². The second kappa shape index (κ2) is 9.32. The molecule has 2 fully saturated rings. The third-order valence-corrected chi connectivity index (χ3v) is 5.92. The number of rotatable bonds is 6. The standard InChI is InChI=1S/C18H26F2N2O3S/c19-14-3-1-4-15(20)18(14)12-6-8-13(9-7-12)25-11-17-16(22-26(23)24)5-2-10-21-17/h1,3-4,12-13,16-17,21-22H,2,5-11H2,(H,23,24)/p-1/t12?,13?,16-,17-/m1/s1. The summed E-state index contributed by atoms with van der Waals surface area (Å²) in [6.07, 6.45) is 4.62. The van der Waals surface area contributed by atoms with Crippen molar-refractivity contribution in [3.8, 4) is 0 Å². The first-order chi connectivity index (χ1) is 12.5. The van der Waals surface area contributed by atoms with Crippen LogP contribution in [0.1, 0.15) is 50.0 Å². The summed E-state index contributed by atoms with van der Waals surface area (Å²) < 4.78 is 58.2. The highest BCUT2D eigenvalue weighted by atomic mass is 32.2. The quantitative estimate of drug-likeness (QED) is 0.736. The fraction of sp³-hybridized carbons (Fsp3) is 0.667. The maximum Gasteiger partial charge on any atom is 0.129 e. The lowest BCUT2D eigenvalue weighted by Gasteiger charge is -2.35. The lowest BCUT2D eigenvalue weighted by atomic mass is 9.82. The predicted octanol–water partition coefficient (Wildman–Crippen LogP) is 2.51. The molecule has 0 radical (unpaired) electrons. The van der Waals surface area contributed by atoms with Gasteiger partial charge in [0.25, 0.3) is 0 Å². The number of benzene rings is 1. The van der Waals surface area contributed by atoms with Crippen molar-refractivity contribution in [3.63, 3.8) is 0 Å². The SMILES string of the molecule is O=S([O-])N[C@@H]1CCCN[C@@H]1COC1CCC(c2c(F)cccc2F)CC1. The zero-order valence-electron chi connectivity index (χ0n) is 14.6. The summed E-state index contributed by atoms with van der Waals surface area (Å²) in [5.41, 5.74) is 0.196. The van der Waals surface area contributed by atoms with E-state index in [1.54, 1.807) is 0 Å². The van der Waals surface area contributed by atoms with Crippen molar-refractivity contribution in [2.24, 2.45) is 0 Å². The lowest BCUT2D eigenvalue weighted by molar-refractivity contribution is 0.00485. The Hall–Kier alpha value is -0.930. The van der Waals surface area contributed by atoms with Gasteiger partial charge in [0.15, 0.2) is 0 Å². The summed E-state index contributed by atoms with van der Waals surface area (Å²) in [6, 6.07) is 3.79. The highest BCUT2D eigenvalue weighted by molar-refractivity contribution is 7.77. The van der Waals surface area contributed by atoms with Crippen LogP contribution in [-0.2, 0) is 16.0 Å². The molecule has 0 bridgehead atoms. The minimum atomic E-state index is -2.29. The fourth-order valence-corrected chi connectivity index (χ4v) is 4.58. The smallest absolute Gasteiger partial charge is 0.129 e. The molecule has 3 atom stereocenters. The van der Waals surface area contributed by atoms with Crippen LogP contribution >= 0.6 is 0 Å². The Balaban J connectivity index is 1.49. The molecular weight excluding hydrogens is 362 g/mol. The molecule has 2 aliphatic rings. The first-order valence-electron chi connectivity index (χ1n) is 9.19. The van der Waals surface area contributed by atoms with Crippen molar-refractivity contribution >= 4 is 11.3 Å². The molecule has 146 valence electrons. The fourth-order valence-electron chi connectivity index (χ4n) is 4.05. The van der Waals surface area contributed by atoms with E-state index >= 15 is 0 Å². The van der Waals surface area contributed by atoms with Gasteiger partial charge in [-0.2, -0.15) is 0 Å². The van der Waals surface area contributed by atoms with Gasteiger partial charge in [0, 0.05) is 28.9 Å².